The lowest BCUT2D eigenvalue weighted by molar-refractivity contribution is -0.353. The van der Waals surface area contributed by atoms with E-state index in [1.54, 1.807) is 45.0 Å². The van der Waals surface area contributed by atoms with Crippen LogP contribution in [0, 0.1) is 10.1 Å². The summed E-state index contributed by atoms with van der Waals surface area (Å²) in [6, 6.07) is 6.35. The van der Waals surface area contributed by atoms with E-state index >= 15 is 0 Å². The van der Waals surface area contributed by atoms with Crippen molar-refractivity contribution in [2.75, 3.05) is 5.43 Å². The zero-order valence-electron chi connectivity index (χ0n) is 11.6. The monoisotopic (exact) mass is 279 g/mol. The maximum Gasteiger partial charge on any atom is 0.363 e. The van der Waals surface area contributed by atoms with E-state index in [4.69, 9.17) is 4.74 Å². The molecule has 1 aromatic carbocycles. The third kappa shape index (κ3) is 4.68. The topological polar surface area (TPSA) is 93.8 Å². The molecule has 0 aliphatic rings. The number of hydrogen-bond acceptors (Lipinski definition) is 6. The number of hydrazone groups is 1. The van der Waals surface area contributed by atoms with E-state index in [0.29, 0.717) is 11.3 Å². The van der Waals surface area contributed by atoms with E-state index < -0.39 is 10.9 Å². The van der Waals surface area contributed by atoms with Crippen LogP contribution in [-0.4, -0.2) is 22.8 Å². The van der Waals surface area contributed by atoms with Crippen LogP contribution >= 0.6 is 0 Å². The Morgan fingerprint density at radius 3 is 2.45 bits per heavy atom. The number of rotatable bonds is 5. The lowest BCUT2D eigenvalue weighted by Gasteiger charge is -2.07. The van der Waals surface area contributed by atoms with Gasteiger partial charge in [-0.25, -0.2) is 4.79 Å². The molecular weight excluding hydrogens is 262 g/mol. The fourth-order valence-corrected chi connectivity index (χ4v) is 1.34. The van der Waals surface area contributed by atoms with Crippen LogP contribution in [0.1, 0.15) is 37.6 Å². The summed E-state index contributed by atoms with van der Waals surface area (Å²) in [5.74, 6) is -0.567. The zero-order chi connectivity index (χ0) is 15.1. The number of ether oxygens (including phenoxy) is 1. The summed E-state index contributed by atoms with van der Waals surface area (Å²) in [6.07, 6.45) is 0.0378. The van der Waals surface area contributed by atoms with E-state index in [1.165, 1.54) is 0 Å². The molecule has 0 aliphatic carbocycles. The second-order valence-corrected chi connectivity index (χ2v) is 4.28. The molecule has 0 aliphatic heterocycles. The molecule has 0 fully saturated rings. The van der Waals surface area contributed by atoms with Gasteiger partial charge in [-0.2, -0.15) is 5.43 Å². The van der Waals surface area contributed by atoms with Crippen molar-refractivity contribution in [3.05, 3.63) is 39.9 Å². The van der Waals surface area contributed by atoms with Crippen molar-refractivity contribution in [3.8, 4) is 0 Å². The predicted octanol–water partition coefficient (Wildman–Crippen LogP) is 2.66. The Labute approximate surface area is 116 Å². The number of esters is 1. The fourth-order valence-electron chi connectivity index (χ4n) is 1.34. The number of benzene rings is 1. The SMILES string of the molecule is CC/C(=N\Nc1ccc(C(=O)OC(C)C)cc1)[N+](=O)[O-]. The Balaban J connectivity index is 2.72. The van der Waals surface area contributed by atoms with Gasteiger partial charge in [-0.05, 0) is 43.0 Å². The van der Waals surface area contributed by atoms with Gasteiger partial charge in [0.2, 0.25) is 0 Å². The Bertz CT molecular complexity index is 509. The summed E-state index contributed by atoms with van der Waals surface area (Å²) in [7, 11) is 0. The first-order valence-corrected chi connectivity index (χ1v) is 6.22. The summed E-state index contributed by atoms with van der Waals surface area (Å²) in [6.45, 7) is 5.19. The molecule has 7 nitrogen and oxygen atoms in total. The summed E-state index contributed by atoms with van der Waals surface area (Å²) in [5.41, 5.74) is 3.55. The number of nitrogens with one attached hydrogen (secondary N) is 1. The summed E-state index contributed by atoms with van der Waals surface area (Å²) in [5, 5.41) is 14.3. The van der Waals surface area contributed by atoms with Gasteiger partial charge in [0.25, 0.3) is 0 Å². The Hall–Kier alpha value is -2.44. The number of hydrogen-bond donors (Lipinski definition) is 1. The van der Waals surface area contributed by atoms with Crippen LogP contribution in [0.25, 0.3) is 0 Å². The largest absolute Gasteiger partial charge is 0.459 e. The van der Waals surface area contributed by atoms with E-state index in [2.05, 4.69) is 10.5 Å². The summed E-state index contributed by atoms with van der Waals surface area (Å²) >= 11 is 0. The molecule has 0 amide bonds. The van der Waals surface area contributed by atoms with Crippen LogP contribution in [-0.2, 0) is 4.74 Å². The summed E-state index contributed by atoms with van der Waals surface area (Å²) < 4.78 is 5.05. The van der Waals surface area contributed by atoms with Crippen LogP contribution in [0.5, 0.6) is 0 Å². The highest BCUT2D eigenvalue weighted by Crippen LogP contribution is 2.11. The van der Waals surface area contributed by atoms with E-state index in [1.807, 2.05) is 0 Å². The van der Waals surface area contributed by atoms with Gasteiger partial charge in [-0.3, -0.25) is 0 Å². The molecule has 1 N–H and O–H groups in total. The van der Waals surface area contributed by atoms with Crippen LogP contribution in [0.3, 0.4) is 0 Å². The average molecular weight is 279 g/mol. The standard InChI is InChI=1S/C13H17N3O4/c1-4-12(16(18)19)15-14-11-7-5-10(6-8-11)13(17)20-9(2)3/h5-9,14H,4H2,1-3H3/b15-12+. The van der Waals surface area contributed by atoms with E-state index in [0.717, 1.165) is 0 Å². The van der Waals surface area contributed by atoms with Crippen molar-refractivity contribution in [2.24, 2.45) is 5.10 Å². The highest BCUT2D eigenvalue weighted by atomic mass is 16.6. The summed E-state index contributed by atoms with van der Waals surface area (Å²) in [4.78, 5) is 21.6. The van der Waals surface area contributed by atoms with E-state index in [-0.39, 0.29) is 18.4 Å². The Kier molecular flexibility index (Phi) is 5.64. The number of nitrogens with zero attached hydrogens (tertiary/aromatic N) is 2. The molecule has 20 heavy (non-hydrogen) atoms. The molecular formula is C13H17N3O4. The molecule has 0 unspecified atom stereocenters. The molecule has 0 atom stereocenters. The van der Waals surface area contributed by atoms with Gasteiger partial charge in [-0.15, -0.1) is 0 Å². The molecule has 1 aromatic rings. The highest BCUT2D eigenvalue weighted by Gasteiger charge is 2.10. The minimum atomic E-state index is -0.540. The first kappa shape index (κ1) is 15.6. The molecule has 0 spiro atoms. The maximum absolute atomic E-state index is 11.6. The number of carbonyl (C=O) groups excluding carboxylic acids is 1. The average Bonchev–Trinajstić information content (AvgIpc) is 2.39. The second-order valence-electron chi connectivity index (χ2n) is 4.28. The first-order valence-electron chi connectivity index (χ1n) is 6.22. The van der Waals surface area contributed by atoms with Crippen LogP contribution in [0.15, 0.2) is 29.4 Å². The van der Waals surface area contributed by atoms with Gasteiger partial charge in [-0.1, -0.05) is 6.92 Å². The number of amidine groups is 1. The molecule has 0 saturated carbocycles. The highest BCUT2D eigenvalue weighted by molar-refractivity contribution is 5.89. The Morgan fingerprint density at radius 2 is 2.00 bits per heavy atom. The molecule has 0 saturated heterocycles. The van der Waals surface area contributed by atoms with Crippen LogP contribution in [0.2, 0.25) is 0 Å². The van der Waals surface area contributed by atoms with Crippen molar-refractivity contribution < 1.29 is 14.5 Å². The molecule has 0 bridgehead atoms. The smallest absolute Gasteiger partial charge is 0.363 e. The molecule has 7 heteroatoms. The Morgan fingerprint density at radius 1 is 1.40 bits per heavy atom. The van der Waals surface area contributed by atoms with Crippen molar-refractivity contribution in [3.63, 3.8) is 0 Å². The molecule has 108 valence electrons. The first-order chi connectivity index (χ1) is 9.43. The minimum Gasteiger partial charge on any atom is -0.459 e. The number of nitro groups is 1. The number of anilines is 1. The zero-order valence-corrected chi connectivity index (χ0v) is 11.6. The van der Waals surface area contributed by atoms with Crippen molar-refractivity contribution >= 4 is 17.5 Å². The number of carbonyl (C=O) groups is 1. The fraction of sp³-hybridized carbons (Fsp3) is 0.385. The van der Waals surface area contributed by atoms with Gasteiger partial charge in [0, 0.05) is 0 Å². The van der Waals surface area contributed by atoms with Gasteiger partial charge >= 0.3 is 11.8 Å². The molecule has 1 rings (SSSR count). The van der Waals surface area contributed by atoms with Crippen molar-refractivity contribution in [2.45, 2.75) is 33.3 Å². The van der Waals surface area contributed by atoms with Gasteiger partial charge in [0.1, 0.15) is 0 Å². The third-order valence-electron chi connectivity index (χ3n) is 2.30. The maximum atomic E-state index is 11.6. The molecule has 0 radical (unpaired) electrons. The second kappa shape index (κ2) is 7.22. The molecule has 0 aromatic heterocycles. The van der Waals surface area contributed by atoms with Gasteiger partial charge in [0.05, 0.1) is 28.9 Å². The minimum absolute atomic E-state index is 0.159. The van der Waals surface area contributed by atoms with Crippen LogP contribution < -0.4 is 5.43 Å². The van der Waals surface area contributed by atoms with Crippen molar-refractivity contribution in [1.82, 2.24) is 0 Å². The third-order valence-corrected chi connectivity index (χ3v) is 2.30. The van der Waals surface area contributed by atoms with Gasteiger partial charge in [0.15, 0.2) is 0 Å². The van der Waals surface area contributed by atoms with Gasteiger partial charge < -0.3 is 14.9 Å². The predicted molar refractivity (Wildman–Crippen MR) is 75.3 cm³/mol. The van der Waals surface area contributed by atoms with Crippen molar-refractivity contribution in [1.29, 1.82) is 0 Å². The van der Waals surface area contributed by atoms with Crippen LogP contribution in [0.4, 0.5) is 5.69 Å². The normalized spacial score (nSPS) is 11.3. The van der Waals surface area contributed by atoms with E-state index in [9.17, 15) is 14.9 Å². The lowest BCUT2D eigenvalue weighted by Crippen LogP contribution is -2.12. The quantitative estimate of drug-likeness (QED) is 0.294. The lowest BCUT2D eigenvalue weighted by atomic mass is 10.2. The molecule has 0 heterocycles.